The minimum atomic E-state index is -0.0134. The Morgan fingerprint density at radius 1 is 0.431 bits per heavy atom. The molecule has 0 amide bonds. The molecular formula is C60H49N5. The number of rotatable bonds is 6. The summed E-state index contributed by atoms with van der Waals surface area (Å²) in [7, 11) is 0. The normalized spacial score (nSPS) is 15.5. The Labute approximate surface area is 379 Å². The van der Waals surface area contributed by atoms with Crippen LogP contribution in [0.5, 0.6) is 0 Å². The molecule has 0 fully saturated rings. The molecule has 65 heavy (non-hydrogen) atoms. The second-order valence-corrected chi connectivity index (χ2v) is 19.1. The minimum Gasteiger partial charge on any atom is -0.307 e. The molecule has 3 heterocycles. The second-order valence-electron chi connectivity index (χ2n) is 19.1. The summed E-state index contributed by atoms with van der Waals surface area (Å²) in [4.78, 5) is 16.2. The highest BCUT2D eigenvalue weighted by atomic mass is 15.2. The molecule has 5 nitrogen and oxygen atoms in total. The zero-order valence-electron chi connectivity index (χ0n) is 37.4. The van der Waals surface area contributed by atoms with Crippen LogP contribution in [0.25, 0.3) is 100 Å². The summed E-state index contributed by atoms with van der Waals surface area (Å²) in [6.07, 6.45) is 1.12. The summed E-state index contributed by atoms with van der Waals surface area (Å²) < 4.78 is 4.82. The molecule has 0 N–H and O–H groups in total. The first-order chi connectivity index (χ1) is 31.7. The van der Waals surface area contributed by atoms with E-state index in [0.29, 0.717) is 23.5 Å². The minimum absolute atomic E-state index is 0.0134. The Bertz CT molecular complexity index is 3650. The van der Waals surface area contributed by atoms with Crippen LogP contribution in [0.15, 0.2) is 188 Å². The molecule has 0 aliphatic heterocycles. The molecule has 1 aliphatic rings. The van der Waals surface area contributed by atoms with Crippen molar-refractivity contribution in [1.82, 2.24) is 24.1 Å². The summed E-state index contributed by atoms with van der Waals surface area (Å²) in [5.41, 5.74) is 15.0. The molecule has 11 aromatic rings. The van der Waals surface area contributed by atoms with Crippen molar-refractivity contribution in [3.05, 3.63) is 199 Å². The standard InChI is InChI=1S/C60H49N5/c1-38-37-59(2,3)53-45(30-20-31-49(53)60(38,4)5)42-26-14-17-32-50(42)64-51-33-18-15-27-43(51)46-35-36-47-44-28-16-19-34-52(44)65(55(47)54(46)64)58-62-56(40-23-10-7-11-24-40)61-57(63-58)48-29-13-12-25-41(48)39-21-8-6-9-22-39/h6-36,38H,37H2,1-5H3. The van der Waals surface area contributed by atoms with E-state index in [-0.39, 0.29) is 10.8 Å². The number of nitrogens with zero attached hydrogens (tertiary/aromatic N) is 5. The molecule has 314 valence electrons. The highest BCUT2D eigenvalue weighted by molar-refractivity contribution is 6.24. The number of aromatic nitrogens is 5. The van der Waals surface area contributed by atoms with Crippen LogP contribution in [-0.2, 0) is 10.8 Å². The molecule has 1 aliphatic carbocycles. The molecule has 0 bridgehead atoms. The van der Waals surface area contributed by atoms with Gasteiger partial charge in [0.1, 0.15) is 0 Å². The van der Waals surface area contributed by atoms with Crippen LogP contribution in [0.4, 0.5) is 0 Å². The van der Waals surface area contributed by atoms with Crippen molar-refractivity contribution < 1.29 is 0 Å². The first kappa shape index (κ1) is 39.0. The largest absolute Gasteiger partial charge is 0.307 e. The van der Waals surface area contributed by atoms with Gasteiger partial charge in [-0.3, -0.25) is 4.57 Å². The molecule has 12 rings (SSSR count). The van der Waals surface area contributed by atoms with E-state index in [2.05, 4.69) is 214 Å². The zero-order chi connectivity index (χ0) is 44.0. The van der Waals surface area contributed by atoms with Gasteiger partial charge in [0.25, 0.3) is 0 Å². The quantitative estimate of drug-likeness (QED) is 0.168. The summed E-state index contributed by atoms with van der Waals surface area (Å²) in [6, 6.07) is 67.4. The van der Waals surface area contributed by atoms with Crippen molar-refractivity contribution in [2.45, 2.75) is 51.9 Å². The monoisotopic (exact) mass is 839 g/mol. The van der Waals surface area contributed by atoms with E-state index < -0.39 is 0 Å². The van der Waals surface area contributed by atoms with Gasteiger partial charge in [0.15, 0.2) is 11.6 Å². The molecule has 3 aromatic heterocycles. The number of para-hydroxylation sites is 3. The lowest BCUT2D eigenvalue weighted by molar-refractivity contribution is 0.234. The molecule has 0 radical (unpaired) electrons. The van der Waals surface area contributed by atoms with Gasteiger partial charge in [-0.15, -0.1) is 0 Å². The van der Waals surface area contributed by atoms with Gasteiger partial charge in [-0.25, -0.2) is 4.98 Å². The van der Waals surface area contributed by atoms with Gasteiger partial charge in [0, 0.05) is 38.2 Å². The molecule has 1 unspecified atom stereocenters. The molecule has 1 atom stereocenters. The summed E-state index contributed by atoms with van der Waals surface area (Å²) in [5, 5.41) is 4.64. The summed E-state index contributed by atoms with van der Waals surface area (Å²) in [6.45, 7) is 12.2. The molecule has 0 spiro atoms. The predicted octanol–water partition coefficient (Wildman–Crippen LogP) is 15.3. The molecule has 8 aromatic carbocycles. The number of hydrogen-bond acceptors (Lipinski definition) is 3. The fraction of sp³-hybridized carbons (Fsp3) is 0.150. The third-order valence-corrected chi connectivity index (χ3v) is 14.5. The number of fused-ring (bicyclic) bond motifs is 8. The zero-order valence-corrected chi connectivity index (χ0v) is 37.4. The lowest BCUT2D eigenvalue weighted by atomic mass is 9.57. The van der Waals surface area contributed by atoms with Crippen molar-refractivity contribution in [1.29, 1.82) is 0 Å². The van der Waals surface area contributed by atoms with E-state index >= 15 is 0 Å². The van der Waals surface area contributed by atoms with Gasteiger partial charge in [-0.05, 0) is 69.2 Å². The van der Waals surface area contributed by atoms with Gasteiger partial charge < -0.3 is 4.57 Å². The highest BCUT2D eigenvalue weighted by Crippen LogP contribution is 2.53. The van der Waals surface area contributed by atoms with Gasteiger partial charge >= 0.3 is 0 Å². The SMILES string of the molecule is CC1CC(C)(C)c2c(-c3ccccc3-n3c4ccccc4c4ccc5c6ccccc6n(-c6nc(-c7ccccc7)nc(-c7ccccc7-c7ccccc7)n6)c5c43)cccc2C1(C)C. The Balaban J connectivity index is 1.20. The Hall–Kier alpha value is -7.63. The summed E-state index contributed by atoms with van der Waals surface area (Å²) in [5.74, 6) is 2.35. The maximum absolute atomic E-state index is 5.50. The van der Waals surface area contributed by atoms with E-state index in [1.807, 2.05) is 18.2 Å². The van der Waals surface area contributed by atoms with Gasteiger partial charge in [-0.1, -0.05) is 204 Å². The van der Waals surface area contributed by atoms with Crippen LogP contribution >= 0.6 is 0 Å². The van der Waals surface area contributed by atoms with Gasteiger partial charge in [-0.2, -0.15) is 9.97 Å². The van der Waals surface area contributed by atoms with E-state index in [9.17, 15) is 0 Å². The number of benzene rings is 8. The third kappa shape index (κ3) is 6.02. The van der Waals surface area contributed by atoms with Crippen LogP contribution in [0.1, 0.15) is 52.2 Å². The highest BCUT2D eigenvalue weighted by Gasteiger charge is 2.43. The van der Waals surface area contributed by atoms with E-state index in [1.165, 1.54) is 33.0 Å². The second kappa shape index (κ2) is 14.7. The fourth-order valence-electron chi connectivity index (χ4n) is 11.1. The van der Waals surface area contributed by atoms with Crippen molar-refractivity contribution in [2.75, 3.05) is 0 Å². The van der Waals surface area contributed by atoms with Crippen LogP contribution in [0.2, 0.25) is 0 Å². The van der Waals surface area contributed by atoms with Crippen molar-refractivity contribution >= 4 is 43.6 Å². The van der Waals surface area contributed by atoms with Crippen molar-refractivity contribution in [3.63, 3.8) is 0 Å². The average molecular weight is 840 g/mol. The molecule has 0 saturated carbocycles. The van der Waals surface area contributed by atoms with E-state index in [4.69, 9.17) is 15.0 Å². The Morgan fingerprint density at radius 3 is 1.65 bits per heavy atom. The molecule has 5 heteroatoms. The van der Waals surface area contributed by atoms with Crippen molar-refractivity contribution in [2.24, 2.45) is 5.92 Å². The maximum atomic E-state index is 5.50. The first-order valence-corrected chi connectivity index (χ1v) is 22.8. The van der Waals surface area contributed by atoms with Crippen LogP contribution in [0.3, 0.4) is 0 Å². The smallest absolute Gasteiger partial charge is 0.238 e. The van der Waals surface area contributed by atoms with E-state index in [0.717, 1.165) is 67.2 Å². The first-order valence-electron chi connectivity index (χ1n) is 22.8. The van der Waals surface area contributed by atoms with Crippen LogP contribution in [-0.4, -0.2) is 24.1 Å². The third-order valence-electron chi connectivity index (χ3n) is 14.5. The topological polar surface area (TPSA) is 48.5 Å². The van der Waals surface area contributed by atoms with Gasteiger partial charge in [0.05, 0.1) is 27.8 Å². The predicted molar refractivity (Wildman–Crippen MR) is 270 cm³/mol. The average Bonchev–Trinajstić information content (AvgIpc) is 3.87. The van der Waals surface area contributed by atoms with Crippen LogP contribution in [0, 0.1) is 5.92 Å². The van der Waals surface area contributed by atoms with Crippen LogP contribution < -0.4 is 0 Å². The maximum Gasteiger partial charge on any atom is 0.238 e. The lowest BCUT2D eigenvalue weighted by Crippen LogP contribution is -2.40. The number of hydrogen-bond donors (Lipinski definition) is 0. The molecular weight excluding hydrogens is 791 g/mol. The Kier molecular flexibility index (Phi) is 8.83. The van der Waals surface area contributed by atoms with Crippen molar-refractivity contribution in [3.8, 4) is 56.7 Å². The fourth-order valence-corrected chi connectivity index (χ4v) is 11.1. The molecule has 0 saturated heterocycles. The summed E-state index contributed by atoms with van der Waals surface area (Å²) >= 11 is 0. The van der Waals surface area contributed by atoms with E-state index in [1.54, 1.807) is 0 Å². The lowest BCUT2D eigenvalue weighted by Gasteiger charge is -2.47. The van der Waals surface area contributed by atoms with Gasteiger partial charge in [0.2, 0.25) is 5.95 Å². The Morgan fingerprint density at radius 2 is 0.954 bits per heavy atom.